The monoisotopic (exact) mass is 209 g/mol. The molecule has 3 heteroatoms. The number of isocyanates is 1. The van der Waals surface area contributed by atoms with Crippen molar-refractivity contribution in [2.75, 3.05) is 0 Å². The summed E-state index contributed by atoms with van der Waals surface area (Å²) in [6, 6.07) is 0.177. The number of hydrogen-bond donors (Lipinski definition) is 0. The van der Waals surface area contributed by atoms with Crippen molar-refractivity contribution in [3.8, 4) is 0 Å². The highest BCUT2D eigenvalue weighted by Crippen LogP contribution is 2.29. The van der Waals surface area contributed by atoms with Gasteiger partial charge in [-0.2, -0.15) is 0 Å². The highest BCUT2D eigenvalue weighted by atomic mass is 16.5. The number of carbonyl (C=O) groups excluding carboxylic acids is 1. The van der Waals surface area contributed by atoms with Gasteiger partial charge in [-0.3, -0.25) is 0 Å². The Labute approximate surface area is 90.9 Å². The number of nitrogens with zero attached hydrogens (tertiary/aromatic N) is 1. The second-order valence-corrected chi connectivity index (χ2v) is 4.71. The van der Waals surface area contributed by atoms with Gasteiger partial charge in [0.15, 0.2) is 0 Å². The smallest absolute Gasteiger partial charge is 0.235 e. The molecule has 0 spiro atoms. The highest BCUT2D eigenvalue weighted by Gasteiger charge is 2.27. The van der Waals surface area contributed by atoms with Crippen LogP contribution in [0, 0.1) is 0 Å². The normalized spacial score (nSPS) is 32.5. The summed E-state index contributed by atoms with van der Waals surface area (Å²) >= 11 is 0. The third-order valence-corrected chi connectivity index (χ3v) is 3.53. The Morgan fingerprint density at radius 1 is 1.00 bits per heavy atom. The van der Waals surface area contributed by atoms with Gasteiger partial charge in [-0.15, -0.1) is 0 Å². The zero-order valence-electron chi connectivity index (χ0n) is 9.15. The van der Waals surface area contributed by atoms with Gasteiger partial charge in [-0.25, -0.2) is 9.79 Å². The van der Waals surface area contributed by atoms with Gasteiger partial charge >= 0.3 is 0 Å². The fourth-order valence-corrected chi connectivity index (χ4v) is 2.71. The molecule has 3 nitrogen and oxygen atoms in total. The molecule has 0 N–H and O–H groups in total. The van der Waals surface area contributed by atoms with Crippen molar-refractivity contribution in [2.24, 2.45) is 4.99 Å². The lowest BCUT2D eigenvalue weighted by atomic mass is 9.97. The molecule has 0 heterocycles. The maximum atomic E-state index is 10.1. The molecular formula is C12H19NO2. The Kier molecular flexibility index (Phi) is 3.93. The summed E-state index contributed by atoms with van der Waals surface area (Å²) in [4.78, 5) is 13.9. The number of aliphatic imine (C=N–C) groups is 1. The quantitative estimate of drug-likeness (QED) is 0.529. The number of hydrogen-bond acceptors (Lipinski definition) is 3. The molecule has 0 radical (unpaired) electrons. The predicted octanol–water partition coefficient (Wildman–Crippen LogP) is 2.59. The summed E-state index contributed by atoms with van der Waals surface area (Å²) in [7, 11) is 0. The maximum absolute atomic E-state index is 10.1. The molecule has 0 aromatic rings. The van der Waals surface area contributed by atoms with Gasteiger partial charge in [0, 0.05) is 0 Å². The molecule has 2 fully saturated rings. The second kappa shape index (κ2) is 5.43. The Morgan fingerprint density at radius 3 is 2.53 bits per heavy atom. The molecule has 0 saturated heterocycles. The Bertz CT molecular complexity index is 242. The third kappa shape index (κ3) is 3.15. The van der Waals surface area contributed by atoms with Crippen LogP contribution in [0.2, 0.25) is 0 Å². The zero-order valence-corrected chi connectivity index (χ0v) is 9.15. The molecule has 2 rings (SSSR count). The van der Waals surface area contributed by atoms with E-state index in [0.717, 1.165) is 19.3 Å². The summed E-state index contributed by atoms with van der Waals surface area (Å²) in [5.41, 5.74) is 0. The van der Waals surface area contributed by atoms with Crippen molar-refractivity contribution in [1.82, 2.24) is 0 Å². The minimum absolute atomic E-state index is 0.177. The summed E-state index contributed by atoms with van der Waals surface area (Å²) in [5, 5.41) is 0. The predicted molar refractivity (Wildman–Crippen MR) is 57.5 cm³/mol. The molecule has 0 aliphatic heterocycles. The number of ether oxygens (including phenoxy) is 1. The van der Waals surface area contributed by atoms with E-state index in [1.54, 1.807) is 6.08 Å². The largest absolute Gasteiger partial charge is 0.375 e. The SMILES string of the molecule is O=C=NC1CCC(OC2CCCCC2)C1. The van der Waals surface area contributed by atoms with Crippen molar-refractivity contribution in [3.63, 3.8) is 0 Å². The molecule has 0 aromatic heterocycles. The van der Waals surface area contributed by atoms with Gasteiger partial charge < -0.3 is 4.74 Å². The van der Waals surface area contributed by atoms with Crippen molar-refractivity contribution in [3.05, 3.63) is 0 Å². The summed E-state index contributed by atoms with van der Waals surface area (Å²) in [5.74, 6) is 0. The van der Waals surface area contributed by atoms with E-state index < -0.39 is 0 Å². The highest BCUT2D eigenvalue weighted by molar-refractivity contribution is 5.33. The molecule has 2 aliphatic carbocycles. The zero-order chi connectivity index (χ0) is 10.5. The van der Waals surface area contributed by atoms with Gasteiger partial charge in [0.25, 0.3) is 0 Å². The van der Waals surface area contributed by atoms with E-state index in [9.17, 15) is 4.79 Å². The lowest BCUT2D eigenvalue weighted by Gasteiger charge is -2.25. The molecule has 2 saturated carbocycles. The molecule has 0 bridgehead atoms. The van der Waals surface area contributed by atoms with E-state index in [1.165, 1.54) is 32.1 Å². The average Bonchev–Trinajstić information content (AvgIpc) is 2.68. The van der Waals surface area contributed by atoms with E-state index >= 15 is 0 Å². The van der Waals surface area contributed by atoms with Crippen LogP contribution >= 0.6 is 0 Å². The molecule has 2 aliphatic rings. The van der Waals surface area contributed by atoms with E-state index in [0.29, 0.717) is 12.2 Å². The fraction of sp³-hybridized carbons (Fsp3) is 0.917. The van der Waals surface area contributed by atoms with E-state index in [4.69, 9.17) is 4.74 Å². The van der Waals surface area contributed by atoms with Crippen LogP contribution in [0.4, 0.5) is 0 Å². The Morgan fingerprint density at radius 2 is 1.80 bits per heavy atom. The summed E-state index contributed by atoms with van der Waals surface area (Å²) in [6.45, 7) is 0. The number of rotatable bonds is 3. The van der Waals surface area contributed by atoms with Crippen LogP contribution in [0.1, 0.15) is 51.4 Å². The van der Waals surface area contributed by atoms with E-state index in [-0.39, 0.29) is 6.04 Å². The van der Waals surface area contributed by atoms with Crippen LogP contribution in [0.3, 0.4) is 0 Å². The minimum Gasteiger partial charge on any atom is -0.375 e. The van der Waals surface area contributed by atoms with Gasteiger partial charge in [-0.1, -0.05) is 19.3 Å². The van der Waals surface area contributed by atoms with Crippen LogP contribution < -0.4 is 0 Å². The first-order valence-corrected chi connectivity index (χ1v) is 6.11. The van der Waals surface area contributed by atoms with Crippen LogP contribution in [0.25, 0.3) is 0 Å². The minimum atomic E-state index is 0.177. The topological polar surface area (TPSA) is 38.7 Å². The first kappa shape index (κ1) is 10.8. The van der Waals surface area contributed by atoms with E-state index in [1.807, 2.05) is 0 Å². The maximum Gasteiger partial charge on any atom is 0.235 e. The van der Waals surface area contributed by atoms with Crippen molar-refractivity contribution in [2.45, 2.75) is 69.6 Å². The lowest BCUT2D eigenvalue weighted by molar-refractivity contribution is -0.0263. The summed E-state index contributed by atoms with van der Waals surface area (Å²) in [6.07, 6.45) is 11.9. The fourth-order valence-electron chi connectivity index (χ4n) is 2.71. The Hall–Kier alpha value is -0.660. The van der Waals surface area contributed by atoms with Gasteiger partial charge in [0.05, 0.1) is 18.2 Å². The van der Waals surface area contributed by atoms with Crippen LogP contribution in [-0.2, 0) is 9.53 Å². The molecule has 15 heavy (non-hydrogen) atoms. The summed E-state index contributed by atoms with van der Waals surface area (Å²) < 4.78 is 6.04. The first-order valence-electron chi connectivity index (χ1n) is 6.11. The van der Waals surface area contributed by atoms with Crippen molar-refractivity contribution < 1.29 is 9.53 Å². The van der Waals surface area contributed by atoms with E-state index in [2.05, 4.69) is 4.99 Å². The van der Waals surface area contributed by atoms with Crippen LogP contribution in [-0.4, -0.2) is 24.3 Å². The standard InChI is InChI=1S/C12H19NO2/c14-9-13-10-6-7-12(8-10)15-11-4-2-1-3-5-11/h10-12H,1-8H2. The molecule has 84 valence electrons. The van der Waals surface area contributed by atoms with Crippen LogP contribution in [0.15, 0.2) is 4.99 Å². The third-order valence-electron chi connectivity index (χ3n) is 3.53. The molecule has 0 aromatic carbocycles. The lowest BCUT2D eigenvalue weighted by Crippen LogP contribution is -2.22. The molecule has 0 amide bonds. The molecule has 2 atom stereocenters. The van der Waals surface area contributed by atoms with Crippen LogP contribution in [0.5, 0.6) is 0 Å². The van der Waals surface area contributed by atoms with Gasteiger partial charge in [-0.05, 0) is 32.1 Å². The van der Waals surface area contributed by atoms with Crippen molar-refractivity contribution in [1.29, 1.82) is 0 Å². The van der Waals surface area contributed by atoms with Crippen molar-refractivity contribution >= 4 is 6.08 Å². The first-order chi connectivity index (χ1) is 7.38. The molecular weight excluding hydrogens is 190 g/mol. The van der Waals surface area contributed by atoms with Gasteiger partial charge in [0.2, 0.25) is 6.08 Å². The average molecular weight is 209 g/mol. The van der Waals surface area contributed by atoms with Gasteiger partial charge in [0.1, 0.15) is 0 Å². The second-order valence-electron chi connectivity index (χ2n) is 4.71. The molecule has 2 unspecified atom stereocenters. The Balaban J connectivity index is 1.73.